The predicted octanol–water partition coefficient (Wildman–Crippen LogP) is -0.259. The molecule has 0 heterocycles. The van der Waals surface area contributed by atoms with Gasteiger partial charge < -0.3 is 5.11 Å². The third kappa shape index (κ3) is 6.43. The molecule has 0 atom stereocenters. The Labute approximate surface area is 56.8 Å². The number of carboxylic acids is 1. The van der Waals surface area contributed by atoms with Crippen LogP contribution in [0.15, 0.2) is 0 Å². The fourth-order valence-corrected chi connectivity index (χ4v) is 0.259. The molecule has 0 aliphatic carbocycles. The zero-order valence-corrected chi connectivity index (χ0v) is 5.03. The fourth-order valence-electron chi connectivity index (χ4n) is 0.259. The summed E-state index contributed by atoms with van der Waals surface area (Å²) in [6.07, 6.45) is -0.339. The fraction of sp³-hybridized carbons (Fsp3) is 0.400. The Morgan fingerprint density at radius 1 is 1.60 bits per heavy atom. The topological polar surface area (TPSA) is 80.4 Å². The number of aliphatic carboxylic acids is 1. The lowest BCUT2D eigenvalue weighted by molar-refractivity contribution is -0.466. The van der Waals surface area contributed by atoms with Gasteiger partial charge in [-0.25, -0.2) is 0 Å². The van der Waals surface area contributed by atoms with E-state index in [4.69, 9.17) is 5.11 Å². The van der Waals surface area contributed by atoms with Gasteiger partial charge in [-0.15, -0.1) is 0 Å². The van der Waals surface area contributed by atoms with Crippen molar-refractivity contribution in [3.8, 4) is 11.8 Å². The summed E-state index contributed by atoms with van der Waals surface area (Å²) in [5.74, 6) is 3.14. The molecule has 0 amide bonds. The van der Waals surface area contributed by atoms with Gasteiger partial charge in [-0.1, -0.05) is 5.92 Å². The molecule has 0 aromatic heterocycles. The minimum Gasteiger partial charge on any atom is -0.481 e. The van der Waals surface area contributed by atoms with Crippen molar-refractivity contribution in [2.75, 3.05) is 6.54 Å². The molecule has 0 aliphatic heterocycles. The molecule has 0 saturated carbocycles. The maximum Gasteiger partial charge on any atom is 0.315 e. The molecular weight excluding hydrogens is 138 g/mol. The van der Waals surface area contributed by atoms with E-state index in [1.54, 1.807) is 0 Å². The molecule has 0 aromatic carbocycles. The Hall–Kier alpha value is -1.57. The summed E-state index contributed by atoms with van der Waals surface area (Å²) in [6, 6.07) is 0. The number of hydrogen-bond acceptors (Lipinski definition) is 3. The Bertz CT molecular complexity index is 179. The number of carbonyl (C=O) groups is 1. The summed E-state index contributed by atoms with van der Waals surface area (Å²) in [7, 11) is 0. The highest BCUT2D eigenvalue weighted by Crippen LogP contribution is 1.73. The summed E-state index contributed by atoms with van der Waals surface area (Å²) in [4.78, 5) is 18.8. The number of rotatable bonds is 2. The monoisotopic (exact) mass is 143 g/mol. The molecule has 0 unspecified atom stereocenters. The van der Waals surface area contributed by atoms with Crippen LogP contribution in [-0.2, 0) is 4.79 Å². The number of nitrogens with zero attached hydrogens (tertiary/aromatic N) is 1. The van der Waals surface area contributed by atoms with Gasteiger partial charge in [0.05, 0.1) is 0 Å². The van der Waals surface area contributed by atoms with Crippen molar-refractivity contribution in [2.24, 2.45) is 0 Å². The maximum atomic E-state index is 9.77. The first-order valence-corrected chi connectivity index (χ1v) is 2.42. The second-order valence-corrected chi connectivity index (χ2v) is 1.41. The van der Waals surface area contributed by atoms with E-state index in [1.807, 2.05) is 0 Å². The zero-order chi connectivity index (χ0) is 7.98. The lowest BCUT2D eigenvalue weighted by atomic mass is 10.4. The summed E-state index contributed by atoms with van der Waals surface area (Å²) in [5, 5.41) is 17.6. The van der Waals surface area contributed by atoms with Gasteiger partial charge in [0.15, 0.2) is 0 Å². The first-order chi connectivity index (χ1) is 4.63. The van der Waals surface area contributed by atoms with Crippen molar-refractivity contribution in [1.82, 2.24) is 0 Å². The number of carboxylic acid groups (broad SMARTS) is 1. The van der Waals surface area contributed by atoms with Crippen LogP contribution in [0.5, 0.6) is 0 Å². The smallest absolute Gasteiger partial charge is 0.315 e. The van der Waals surface area contributed by atoms with Gasteiger partial charge in [-0.3, -0.25) is 14.9 Å². The van der Waals surface area contributed by atoms with E-state index in [0.29, 0.717) is 0 Å². The Kier molecular flexibility index (Phi) is 3.64. The summed E-state index contributed by atoms with van der Waals surface area (Å²) >= 11 is 0. The van der Waals surface area contributed by atoms with E-state index in [1.165, 1.54) is 0 Å². The molecule has 54 valence electrons. The van der Waals surface area contributed by atoms with Gasteiger partial charge in [0.2, 0.25) is 0 Å². The minimum absolute atomic E-state index is 0.339. The van der Waals surface area contributed by atoms with Gasteiger partial charge >= 0.3 is 5.97 Å². The molecule has 0 rings (SSSR count). The molecule has 5 nitrogen and oxygen atoms in total. The largest absolute Gasteiger partial charge is 0.481 e. The molecular formula is C5H5NO4. The number of nitro groups is 1. The Morgan fingerprint density at radius 2 is 2.20 bits per heavy atom. The van der Waals surface area contributed by atoms with Crippen molar-refractivity contribution in [3.63, 3.8) is 0 Å². The van der Waals surface area contributed by atoms with Crippen LogP contribution in [0.1, 0.15) is 6.42 Å². The molecule has 10 heavy (non-hydrogen) atoms. The SMILES string of the molecule is O=C(O)CC#CC[N+](=O)[O-]. The van der Waals surface area contributed by atoms with Crippen LogP contribution in [0.2, 0.25) is 0 Å². The molecule has 0 saturated heterocycles. The average molecular weight is 143 g/mol. The second kappa shape index (κ2) is 4.32. The van der Waals surface area contributed by atoms with Crippen molar-refractivity contribution >= 4 is 5.97 Å². The molecule has 1 N–H and O–H groups in total. The van der Waals surface area contributed by atoms with Crippen LogP contribution >= 0.6 is 0 Å². The summed E-state index contributed by atoms with van der Waals surface area (Å²) < 4.78 is 0. The summed E-state index contributed by atoms with van der Waals surface area (Å²) in [6.45, 7) is -0.493. The zero-order valence-electron chi connectivity index (χ0n) is 5.03. The highest BCUT2D eigenvalue weighted by molar-refractivity contribution is 5.69. The van der Waals surface area contributed by atoms with Gasteiger partial charge in [-0.05, 0) is 5.92 Å². The molecule has 0 fully saturated rings. The molecule has 0 spiro atoms. The van der Waals surface area contributed by atoms with Crippen LogP contribution in [0.25, 0.3) is 0 Å². The lowest BCUT2D eigenvalue weighted by Crippen LogP contribution is -1.97. The predicted molar refractivity (Wildman–Crippen MR) is 31.9 cm³/mol. The Balaban J connectivity index is 3.51. The summed E-state index contributed by atoms with van der Waals surface area (Å²) in [5.41, 5.74) is 0. The second-order valence-electron chi connectivity index (χ2n) is 1.41. The van der Waals surface area contributed by atoms with E-state index in [2.05, 4.69) is 11.8 Å². The van der Waals surface area contributed by atoms with Crippen molar-refractivity contribution in [1.29, 1.82) is 0 Å². The molecule has 0 aromatic rings. The normalized spacial score (nSPS) is 7.60. The van der Waals surface area contributed by atoms with E-state index in [-0.39, 0.29) is 6.42 Å². The van der Waals surface area contributed by atoms with Crippen LogP contribution in [-0.4, -0.2) is 22.5 Å². The van der Waals surface area contributed by atoms with Gasteiger partial charge in [0, 0.05) is 4.92 Å². The molecule has 0 radical (unpaired) electrons. The van der Waals surface area contributed by atoms with Crippen LogP contribution in [0.4, 0.5) is 0 Å². The third-order valence-corrected chi connectivity index (χ3v) is 0.573. The van der Waals surface area contributed by atoms with Crippen molar-refractivity contribution in [3.05, 3.63) is 10.1 Å². The highest BCUT2D eigenvalue weighted by atomic mass is 16.6. The molecule has 0 aliphatic rings. The van der Waals surface area contributed by atoms with Gasteiger partial charge in [-0.2, -0.15) is 0 Å². The first-order valence-electron chi connectivity index (χ1n) is 2.42. The van der Waals surface area contributed by atoms with Gasteiger partial charge in [0.1, 0.15) is 6.42 Å². The van der Waals surface area contributed by atoms with Crippen LogP contribution in [0.3, 0.4) is 0 Å². The van der Waals surface area contributed by atoms with Crippen LogP contribution in [0, 0.1) is 22.0 Å². The quantitative estimate of drug-likeness (QED) is 0.328. The van der Waals surface area contributed by atoms with Crippen molar-refractivity contribution < 1.29 is 14.8 Å². The molecule has 0 bridgehead atoms. The standard InChI is InChI=1S/C5H5NO4/c7-5(8)3-1-2-4-6(9)10/h3-4H2,(H,7,8). The minimum atomic E-state index is -1.07. The maximum absolute atomic E-state index is 9.77. The van der Waals surface area contributed by atoms with Gasteiger partial charge in [0.25, 0.3) is 6.54 Å². The highest BCUT2D eigenvalue weighted by Gasteiger charge is 1.90. The van der Waals surface area contributed by atoms with E-state index >= 15 is 0 Å². The van der Waals surface area contributed by atoms with E-state index in [0.717, 1.165) is 0 Å². The average Bonchev–Trinajstić information content (AvgIpc) is 1.79. The van der Waals surface area contributed by atoms with Crippen LogP contribution < -0.4 is 0 Å². The Morgan fingerprint density at radius 3 is 2.60 bits per heavy atom. The van der Waals surface area contributed by atoms with Crippen molar-refractivity contribution in [2.45, 2.75) is 6.42 Å². The molecule has 5 heteroatoms. The third-order valence-electron chi connectivity index (χ3n) is 0.573. The first kappa shape index (κ1) is 8.43. The lowest BCUT2D eigenvalue weighted by Gasteiger charge is -1.78. The number of hydrogen-bond donors (Lipinski definition) is 1. The van der Waals surface area contributed by atoms with E-state index < -0.39 is 17.4 Å². The van der Waals surface area contributed by atoms with E-state index in [9.17, 15) is 14.9 Å².